The Hall–Kier alpha value is -3.64. The summed E-state index contributed by atoms with van der Waals surface area (Å²) in [6.07, 6.45) is 6.64. The zero-order chi connectivity index (χ0) is 22.5. The predicted molar refractivity (Wildman–Crippen MR) is 129 cm³/mol. The smallest absolute Gasteiger partial charge is 0.197 e. The van der Waals surface area contributed by atoms with Gasteiger partial charge in [-0.15, -0.1) is 0 Å². The molecule has 3 aromatic heterocycles. The molecule has 0 saturated heterocycles. The van der Waals surface area contributed by atoms with Gasteiger partial charge in [-0.3, -0.25) is 14.4 Å². The topological polar surface area (TPSA) is 67.1 Å². The van der Waals surface area contributed by atoms with E-state index < -0.39 is 0 Å². The summed E-state index contributed by atoms with van der Waals surface area (Å²) in [4.78, 5) is 19.3. The molecule has 0 saturated carbocycles. The average molecular weight is 439 g/mol. The summed E-state index contributed by atoms with van der Waals surface area (Å²) in [7, 11) is 0. The summed E-state index contributed by atoms with van der Waals surface area (Å²) in [5.74, 6) is 0. The highest BCUT2D eigenvalue weighted by Crippen LogP contribution is 2.39. The molecular weight excluding hydrogens is 412 g/mol. The molecule has 1 aliphatic heterocycles. The first-order valence-electron chi connectivity index (χ1n) is 11.5. The van der Waals surface area contributed by atoms with Crippen molar-refractivity contribution in [3.05, 3.63) is 99.8 Å². The molecule has 5 aromatic rings. The van der Waals surface area contributed by atoms with Gasteiger partial charge in [0.2, 0.25) is 0 Å². The number of nitrogens with one attached hydrogen (secondary N) is 1. The number of benzene rings is 2. The van der Waals surface area contributed by atoms with E-state index in [2.05, 4.69) is 59.3 Å². The second-order valence-corrected chi connectivity index (χ2v) is 9.12. The quantitative estimate of drug-likeness (QED) is 0.419. The van der Waals surface area contributed by atoms with Gasteiger partial charge in [-0.05, 0) is 44.0 Å². The maximum atomic E-state index is 13.2. The Morgan fingerprint density at radius 2 is 1.91 bits per heavy atom. The molecule has 33 heavy (non-hydrogen) atoms. The molecule has 2 aromatic carbocycles. The van der Waals surface area contributed by atoms with Crippen molar-refractivity contribution in [3.8, 4) is 0 Å². The fourth-order valence-electron chi connectivity index (χ4n) is 5.06. The lowest BCUT2D eigenvalue weighted by molar-refractivity contribution is 0.200. The van der Waals surface area contributed by atoms with Gasteiger partial charge in [0.05, 0.1) is 23.9 Å². The summed E-state index contributed by atoms with van der Waals surface area (Å²) in [5.41, 5.74) is 6.16. The minimum Gasteiger partial charge on any atom is -0.464 e. The van der Waals surface area contributed by atoms with Crippen LogP contribution in [0.4, 0.5) is 0 Å². The van der Waals surface area contributed by atoms with E-state index in [9.17, 15) is 4.79 Å². The zero-order valence-corrected chi connectivity index (χ0v) is 18.8. The zero-order valence-electron chi connectivity index (χ0n) is 18.8. The van der Waals surface area contributed by atoms with E-state index in [0.29, 0.717) is 23.1 Å². The molecule has 0 aliphatic carbocycles. The predicted octanol–water partition coefficient (Wildman–Crippen LogP) is 5.20. The number of nitrogens with zero attached hydrogens (tertiary/aromatic N) is 3. The lowest BCUT2D eigenvalue weighted by Crippen LogP contribution is -2.36. The maximum absolute atomic E-state index is 13.2. The van der Waals surface area contributed by atoms with Gasteiger partial charge in [0.15, 0.2) is 5.43 Å². The number of hydrogen-bond donors (Lipinski definition) is 1. The van der Waals surface area contributed by atoms with E-state index in [1.165, 1.54) is 16.6 Å². The molecule has 0 fully saturated rings. The average Bonchev–Trinajstić information content (AvgIpc) is 3.46. The van der Waals surface area contributed by atoms with Gasteiger partial charge < -0.3 is 9.40 Å². The van der Waals surface area contributed by atoms with E-state index in [4.69, 9.17) is 4.42 Å². The number of H-pyrrole nitrogens is 1. The second-order valence-electron chi connectivity index (χ2n) is 9.12. The van der Waals surface area contributed by atoms with Crippen LogP contribution in [0.5, 0.6) is 0 Å². The molecule has 1 aliphatic rings. The number of aromatic nitrogens is 3. The Balaban J connectivity index is 1.46. The van der Waals surface area contributed by atoms with Crippen LogP contribution in [0.2, 0.25) is 0 Å². The van der Waals surface area contributed by atoms with Crippen LogP contribution in [0.15, 0.2) is 76.4 Å². The van der Waals surface area contributed by atoms with Gasteiger partial charge in [-0.2, -0.15) is 5.10 Å². The van der Waals surface area contributed by atoms with Crippen molar-refractivity contribution in [3.63, 3.8) is 0 Å². The van der Waals surface area contributed by atoms with Gasteiger partial charge in [0, 0.05) is 53.1 Å². The second kappa shape index (κ2) is 7.74. The minimum absolute atomic E-state index is 0.0143. The van der Waals surface area contributed by atoms with E-state index in [1.54, 1.807) is 6.26 Å². The molecule has 0 radical (unpaired) electrons. The SMILES string of the molecule is CC(C)n1cc(C2c3[nH]c4ccccc4c3CCN2Cc2coc3ccccc3c2=O)cn1. The Morgan fingerprint density at radius 3 is 2.73 bits per heavy atom. The third-order valence-electron chi connectivity index (χ3n) is 6.73. The Kier molecular flexibility index (Phi) is 4.69. The van der Waals surface area contributed by atoms with Gasteiger partial charge in [0.25, 0.3) is 0 Å². The van der Waals surface area contributed by atoms with Crippen LogP contribution in [0.1, 0.15) is 48.3 Å². The van der Waals surface area contributed by atoms with Crippen LogP contribution in [0.25, 0.3) is 21.9 Å². The molecule has 6 nitrogen and oxygen atoms in total. The Labute approximate surface area is 191 Å². The van der Waals surface area contributed by atoms with Crippen LogP contribution in [-0.2, 0) is 13.0 Å². The molecule has 6 heteroatoms. The molecule has 0 bridgehead atoms. The number of hydrogen-bond acceptors (Lipinski definition) is 4. The third kappa shape index (κ3) is 3.29. The van der Waals surface area contributed by atoms with Crippen molar-refractivity contribution in [1.29, 1.82) is 0 Å². The van der Waals surface area contributed by atoms with E-state index in [-0.39, 0.29) is 17.5 Å². The lowest BCUT2D eigenvalue weighted by Gasteiger charge is -2.35. The number of rotatable bonds is 4. The van der Waals surface area contributed by atoms with Crippen molar-refractivity contribution in [1.82, 2.24) is 19.7 Å². The summed E-state index contributed by atoms with van der Waals surface area (Å²) in [6.45, 7) is 5.62. The molecule has 1 atom stereocenters. The first-order chi connectivity index (χ1) is 16.1. The summed E-state index contributed by atoms with van der Waals surface area (Å²) >= 11 is 0. The standard InChI is InChI=1S/C27H26N4O2/c1-17(2)31-15-18(13-28-31)26-25-21(20-7-3-5-9-23(20)29-25)11-12-30(26)14-19-16-33-24-10-6-4-8-22(24)27(19)32/h3-10,13,15-17,26,29H,11-12,14H2,1-2H3. The molecule has 6 rings (SSSR count). The van der Waals surface area contributed by atoms with Gasteiger partial charge in [-0.25, -0.2) is 0 Å². The number of para-hydroxylation sites is 2. The molecule has 0 spiro atoms. The minimum atomic E-state index is -0.0143. The van der Waals surface area contributed by atoms with Crippen molar-refractivity contribution in [2.24, 2.45) is 0 Å². The first-order valence-corrected chi connectivity index (χ1v) is 11.5. The van der Waals surface area contributed by atoms with Gasteiger partial charge in [-0.1, -0.05) is 30.3 Å². The first kappa shape index (κ1) is 20.0. The maximum Gasteiger partial charge on any atom is 0.197 e. The largest absolute Gasteiger partial charge is 0.464 e. The number of fused-ring (bicyclic) bond motifs is 4. The monoisotopic (exact) mass is 438 g/mol. The number of aromatic amines is 1. The molecule has 0 amide bonds. The fraction of sp³-hybridized carbons (Fsp3) is 0.259. The van der Waals surface area contributed by atoms with Gasteiger partial charge in [0.1, 0.15) is 5.58 Å². The van der Waals surface area contributed by atoms with Crippen molar-refractivity contribution in [2.45, 2.75) is 38.9 Å². The highest BCUT2D eigenvalue weighted by molar-refractivity contribution is 5.85. The highest BCUT2D eigenvalue weighted by Gasteiger charge is 2.33. The van der Waals surface area contributed by atoms with Gasteiger partial charge >= 0.3 is 0 Å². The highest BCUT2D eigenvalue weighted by atomic mass is 16.3. The molecule has 4 heterocycles. The van der Waals surface area contributed by atoms with E-state index in [0.717, 1.165) is 24.0 Å². The summed E-state index contributed by atoms with van der Waals surface area (Å²) in [5, 5.41) is 6.52. The fourth-order valence-corrected chi connectivity index (χ4v) is 5.06. The normalized spacial score (nSPS) is 16.6. The Bertz CT molecular complexity index is 1520. The summed E-state index contributed by atoms with van der Waals surface area (Å²) < 4.78 is 7.80. The van der Waals surface area contributed by atoms with Crippen LogP contribution in [-0.4, -0.2) is 26.2 Å². The molecule has 1 N–H and O–H groups in total. The molecule has 1 unspecified atom stereocenters. The van der Waals surface area contributed by atoms with Crippen LogP contribution < -0.4 is 5.43 Å². The van der Waals surface area contributed by atoms with Crippen molar-refractivity contribution < 1.29 is 4.42 Å². The molecule has 166 valence electrons. The molecular formula is C27H26N4O2. The van der Waals surface area contributed by atoms with Crippen LogP contribution in [0, 0.1) is 0 Å². The van der Waals surface area contributed by atoms with Crippen molar-refractivity contribution in [2.75, 3.05) is 6.54 Å². The Morgan fingerprint density at radius 1 is 1.12 bits per heavy atom. The van der Waals surface area contributed by atoms with Crippen molar-refractivity contribution >= 4 is 21.9 Å². The lowest BCUT2D eigenvalue weighted by atomic mass is 9.93. The van der Waals surface area contributed by atoms with E-state index >= 15 is 0 Å². The third-order valence-corrected chi connectivity index (χ3v) is 6.73. The van der Waals surface area contributed by atoms with Crippen LogP contribution in [0.3, 0.4) is 0 Å². The summed E-state index contributed by atoms with van der Waals surface area (Å²) in [6, 6.07) is 16.2. The van der Waals surface area contributed by atoms with E-state index in [1.807, 2.05) is 35.1 Å². The van der Waals surface area contributed by atoms with Crippen LogP contribution >= 0.6 is 0 Å².